The van der Waals surface area contributed by atoms with Gasteiger partial charge in [0.1, 0.15) is 17.6 Å². The molecule has 20 heavy (non-hydrogen) atoms. The van der Waals surface area contributed by atoms with Gasteiger partial charge in [0.05, 0.1) is 4.92 Å². The zero-order valence-corrected chi connectivity index (χ0v) is 10.6. The molecule has 1 unspecified atom stereocenters. The van der Waals surface area contributed by atoms with Crippen LogP contribution in [0.5, 0.6) is 5.75 Å². The maximum absolute atomic E-state index is 11.3. The molecule has 0 N–H and O–H groups in total. The zero-order chi connectivity index (χ0) is 14.1. The number of hydrogen-bond donors (Lipinski definition) is 0. The lowest BCUT2D eigenvalue weighted by atomic mass is 10.1. The molecular weight excluding hydrogens is 260 g/mol. The number of fused-ring (bicyclic) bond motifs is 1. The van der Waals surface area contributed by atoms with Gasteiger partial charge in [-0.15, -0.1) is 0 Å². The molecule has 0 bridgehead atoms. The number of rotatable bonds is 3. The van der Waals surface area contributed by atoms with Crippen LogP contribution in [0.3, 0.4) is 0 Å². The summed E-state index contributed by atoms with van der Waals surface area (Å²) in [7, 11) is 0. The van der Waals surface area contributed by atoms with E-state index in [0.29, 0.717) is 35.9 Å². The number of benzene rings is 1. The lowest BCUT2D eigenvalue weighted by Gasteiger charge is -2.14. The topological polar surface area (TPSA) is 82.3 Å². The van der Waals surface area contributed by atoms with Crippen molar-refractivity contribution in [3.8, 4) is 5.75 Å². The van der Waals surface area contributed by atoms with Gasteiger partial charge in [-0.1, -0.05) is 0 Å². The number of aromatic nitrogens is 1. The van der Waals surface area contributed by atoms with E-state index in [1.807, 2.05) is 0 Å². The highest BCUT2D eigenvalue weighted by atomic mass is 16.6. The SMILES string of the molecule is O=C1CCC(Oc2ccc([N+](=O)[O-])c3ncccc23)C1. The molecule has 1 aromatic heterocycles. The van der Waals surface area contributed by atoms with Gasteiger partial charge in [-0.25, -0.2) is 4.98 Å². The first-order chi connectivity index (χ1) is 9.65. The Labute approximate surface area is 114 Å². The lowest BCUT2D eigenvalue weighted by molar-refractivity contribution is -0.383. The molecule has 1 aromatic carbocycles. The first-order valence-corrected chi connectivity index (χ1v) is 6.35. The minimum absolute atomic E-state index is 0.0459. The van der Waals surface area contributed by atoms with E-state index in [1.165, 1.54) is 12.3 Å². The summed E-state index contributed by atoms with van der Waals surface area (Å²) in [6.07, 6.45) is 3.00. The standard InChI is InChI=1S/C14H12N2O4/c17-9-3-4-10(8-9)20-13-6-5-12(16(18)19)14-11(13)2-1-7-15-14/h1-2,5-7,10H,3-4,8H2. The molecule has 1 saturated carbocycles. The van der Waals surface area contributed by atoms with Crippen LogP contribution in [0.4, 0.5) is 5.69 Å². The maximum atomic E-state index is 11.3. The van der Waals surface area contributed by atoms with Crippen LogP contribution in [-0.2, 0) is 4.79 Å². The minimum Gasteiger partial charge on any atom is -0.489 e. The molecule has 1 aliphatic carbocycles. The molecule has 0 amide bonds. The molecule has 2 aromatic rings. The largest absolute Gasteiger partial charge is 0.489 e. The van der Waals surface area contributed by atoms with E-state index in [2.05, 4.69) is 4.98 Å². The third-order valence-electron chi connectivity index (χ3n) is 3.40. The fraction of sp³-hybridized carbons (Fsp3) is 0.286. The Kier molecular flexibility index (Phi) is 3.06. The van der Waals surface area contributed by atoms with Crippen LogP contribution in [0.1, 0.15) is 19.3 Å². The van der Waals surface area contributed by atoms with Crippen LogP contribution in [0.2, 0.25) is 0 Å². The Morgan fingerprint density at radius 2 is 2.20 bits per heavy atom. The number of nitro benzene ring substituents is 1. The van der Waals surface area contributed by atoms with Gasteiger partial charge in [0.15, 0.2) is 5.52 Å². The third-order valence-corrected chi connectivity index (χ3v) is 3.40. The van der Waals surface area contributed by atoms with Crippen LogP contribution >= 0.6 is 0 Å². The lowest BCUT2D eigenvalue weighted by Crippen LogP contribution is -2.12. The average molecular weight is 272 g/mol. The van der Waals surface area contributed by atoms with Gasteiger partial charge < -0.3 is 4.74 Å². The van der Waals surface area contributed by atoms with Crippen LogP contribution in [-0.4, -0.2) is 21.8 Å². The second-order valence-electron chi connectivity index (χ2n) is 4.76. The van der Waals surface area contributed by atoms with Crippen LogP contribution in [0.25, 0.3) is 10.9 Å². The predicted molar refractivity (Wildman–Crippen MR) is 71.7 cm³/mol. The second-order valence-corrected chi connectivity index (χ2v) is 4.76. The van der Waals surface area contributed by atoms with Crippen LogP contribution < -0.4 is 4.74 Å². The first kappa shape index (κ1) is 12.5. The van der Waals surface area contributed by atoms with E-state index in [4.69, 9.17) is 4.74 Å². The summed E-state index contributed by atoms with van der Waals surface area (Å²) < 4.78 is 5.81. The molecule has 0 aliphatic heterocycles. The van der Waals surface area contributed by atoms with E-state index in [0.717, 1.165) is 0 Å². The van der Waals surface area contributed by atoms with Crippen LogP contribution in [0.15, 0.2) is 30.5 Å². The Bertz CT molecular complexity index is 699. The second kappa shape index (κ2) is 4.88. The number of carbonyl (C=O) groups excluding carboxylic acids is 1. The van der Waals surface area contributed by atoms with Crippen molar-refractivity contribution < 1.29 is 14.5 Å². The molecule has 0 saturated heterocycles. The molecule has 1 atom stereocenters. The maximum Gasteiger partial charge on any atom is 0.295 e. The van der Waals surface area contributed by atoms with Crippen molar-refractivity contribution in [3.05, 3.63) is 40.6 Å². The molecule has 1 fully saturated rings. The summed E-state index contributed by atoms with van der Waals surface area (Å²) in [5.41, 5.74) is 0.259. The molecule has 1 heterocycles. The molecular formula is C14H12N2O4. The number of nitro groups is 1. The Morgan fingerprint density at radius 1 is 1.35 bits per heavy atom. The van der Waals surface area contributed by atoms with Crippen molar-refractivity contribution in [2.75, 3.05) is 0 Å². The summed E-state index contributed by atoms with van der Waals surface area (Å²) in [6, 6.07) is 6.41. The van der Waals surface area contributed by atoms with E-state index in [1.54, 1.807) is 18.2 Å². The van der Waals surface area contributed by atoms with Crippen molar-refractivity contribution in [2.45, 2.75) is 25.4 Å². The van der Waals surface area contributed by atoms with Gasteiger partial charge in [-0.3, -0.25) is 14.9 Å². The van der Waals surface area contributed by atoms with Gasteiger partial charge in [0, 0.05) is 30.5 Å². The van der Waals surface area contributed by atoms with Crippen molar-refractivity contribution in [1.29, 1.82) is 0 Å². The molecule has 102 valence electrons. The summed E-state index contributed by atoms with van der Waals surface area (Å²) in [4.78, 5) is 25.9. The van der Waals surface area contributed by atoms with Crippen molar-refractivity contribution in [2.24, 2.45) is 0 Å². The van der Waals surface area contributed by atoms with Crippen molar-refractivity contribution >= 4 is 22.4 Å². The fourth-order valence-corrected chi connectivity index (χ4v) is 2.44. The molecule has 0 radical (unpaired) electrons. The number of pyridine rings is 1. The number of hydrogen-bond acceptors (Lipinski definition) is 5. The molecule has 6 heteroatoms. The van der Waals surface area contributed by atoms with Gasteiger partial charge >= 0.3 is 0 Å². The van der Waals surface area contributed by atoms with Gasteiger partial charge in [-0.2, -0.15) is 0 Å². The number of nitrogens with zero attached hydrogens (tertiary/aromatic N) is 2. The molecule has 3 rings (SSSR count). The van der Waals surface area contributed by atoms with E-state index >= 15 is 0 Å². The summed E-state index contributed by atoms with van der Waals surface area (Å²) >= 11 is 0. The number of carbonyl (C=O) groups is 1. The normalized spacial score (nSPS) is 18.4. The van der Waals surface area contributed by atoms with Crippen LogP contribution in [0, 0.1) is 10.1 Å². The van der Waals surface area contributed by atoms with Crippen molar-refractivity contribution in [3.63, 3.8) is 0 Å². The highest BCUT2D eigenvalue weighted by Crippen LogP contribution is 2.33. The molecule has 0 spiro atoms. The third kappa shape index (κ3) is 2.20. The smallest absolute Gasteiger partial charge is 0.295 e. The van der Waals surface area contributed by atoms with Gasteiger partial charge in [0.25, 0.3) is 5.69 Å². The van der Waals surface area contributed by atoms with Crippen molar-refractivity contribution in [1.82, 2.24) is 4.98 Å². The highest BCUT2D eigenvalue weighted by molar-refractivity contribution is 5.92. The van der Waals surface area contributed by atoms with E-state index in [-0.39, 0.29) is 17.6 Å². The van der Waals surface area contributed by atoms with Gasteiger partial charge in [-0.05, 0) is 24.6 Å². The Hall–Kier alpha value is -2.50. The molecule has 6 nitrogen and oxygen atoms in total. The number of ether oxygens (including phenoxy) is 1. The first-order valence-electron chi connectivity index (χ1n) is 6.35. The Balaban J connectivity index is 2.02. The number of Topliss-reactive ketones (excluding diaryl/α,β-unsaturated/α-hetero) is 1. The average Bonchev–Trinajstić information content (AvgIpc) is 2.84. The fourth-order valence-electron chi connectivity index (χ4n) is 2.44. The monoisotopic (exact) mass is 272 g/mol. The number of ketones is 1. The Morgan fingerprint density at radius 3 is 2.90 bits per heavy atom. The summed E-state index contributed by atoms with van der Waals surface area (Å²) in [6.45, 7) is 0. The predicted octanol–water partition coefficient (Wildman–Crippen LogP) is 2.64. The number of non-ortho nitro benzene ring substituents is 1. The van der Waals surface area contributed by atoms with E-state index < -0.39 is 4.92 Å². The molecule has 1 aliphatic rings. The quantitative estimate of drug-likeness (QED) is 0.633. The zero-order valence-electron chi connectivity index (χ0n) is 10.6. The van der Waals surface area contributed by atoms with Gasteiger partial charge in [0.2, 0.25) is 0 Å². The highest BCUT2D eigenvalue weighted by Gasteiger charge is 2.25. The summed E-state index contributed by atoms with van der Waals surface area (Å²) in [5, 5.41) is 11.6. The summed E-state index contributed by atoms with van der Waals surface area (Å²) in [5.74, 6) is 0.734. The van der Waals surface area contributed by atoms with E-state index in [9.17, 15) is 14.9 Å². The minimum atomic E-state index is -0.460.